The predicted octanol–water partition coefficient (Wildman–Crippen LogP) is 3.97. The Morgan fingerprint density at radius 2 is 1.73 bits per heavy atom. The van der Waals surface area contributed by atoms with E-state index in [9.17, 15) is 0 Å². The van der Waals surface area contributed by atoms with Crippen molar-refractivity contribution < 1.29 is 9.47 Å². The Kier molecular flexibility index (Phi) is 5.67. The molecule has 2 rings (SSSR count). The topological polar surface area (TPSA) is 54.3 Å². The van der Waals surface area contributed by atoms with Gasteiger partial charge in [0.1, 0.15) is 11.5 Å². The lowest BCUT2D eigenvalue weighted by Gasteiger charge is -2.14. The molecule has 0 heterocycles. The Labute approximate surface area is 131 Å². The van der Waals surface area contributed by atoms with Gasteiger partial charge >= 0.3 is 0 Å². The number of nitrogens with zero attached hydrogens (tertiary/aromatic N) is 1. The highest BCUT2D eigenvalue weighted by molar-refractivity contribution is 5.60. The number of rotatable bonds is 7. The summed E-state index contributed by atoms with van der Waals surface area (Å²) in [5.41, 5.74) is 2.66. The maximum atomic E-state index is 8.82. The first kappa shape index (κ1) is 15.7. The first-order valence-corrected chi connectivity index (χ1v) is 7.39. The molecule has 22 heavy (non-hydrogen) atoms. The first-order valence-electron chi connectivity index (χ1n) is 7.39. The summed E-state index contributed by atoms with van der Waals surface area (Å²) in [5, 5.41) is 12.2. The molecule has 0 bridgehead atoms. The molecular formula is C18H20N2O2. The predicted molar refractivity (Wildman–Crippen MR) is 87.3 cm³/mol. The van der Waals surface area contributed by atoms with E-state index in [2.05, 4.69) is 11.4 Å². The van der Waals surface area contributed by atoms with Crippen LogP contribution in [0.2, 0.25) is 0 Å². The Balaban J connectivity index is 2.11. The molecule has 4 nitrogen and oxygen atoms in total. The molecule has 0 aliphatic carbocycles. The molecule has 0 aromatic heterocycles. The minimum atomic E-state index is 0.611. The summed E-state index contributed by atoms with van der Waals surface area (Å²) in [7, 11) is 0. The van der Waals surface area contributed by atoms with E-state index in [0.29, 0.717) is 25.3 Å². The van der Waals surface area contributed by atoms with Gasteiger partial charge in [-0.1, -0.05) is 12.1 Å². The van der Waals surface area contributed by atoms with Crippen LogP contribution in [0.15, 0.2) is 42.5 Å². The maximum absolute atomic E-state index is 8.82. The lowest BCUT2D eigenvalue weighted by Crippen LogP contribution is -2.03. The molecule has 2 aromatic rings. The number of nitrogens with one attached hydrogen (secondary N) is 1. The van der Waals surface area contributed by atoms with Gasteiger partial charge in [-0.25, -0.2) is 0 Å². The second kappa shape index (κ2) is 7.94. The van der Waals surface area contributed by atoms with Gasteiger partial charge in [0.15, 0.2) is 0 Å². The highest BCUT2D eigenvalue weighted by Crippen LogP contribution is 2.29. The van der Waals surface area contributed by atoms with Crippen LogP contribution < -0.4 is 14.8 Å². The molecule has 0 fully saturated rings. The van der Waals surface area contributed by atoms with E-state index in [0.717, 1.165) is 22.7 Å². The van der Waals surface area contributed by atoms with Gasteiger partial charge in [0.2, 0.25) is 0 Å². The normalized spacial score (nSPS) is 9.86. The minimum absolute atomic E-state index is 0.611. The average molecular weight is 296 g/mol. The lowest BCUT2D eigenvalue weighted by atomic mass is 10.1. The van der Waals surface area contributed by atoms with Gasteiger partial charge < -0.3 is 14.8 Å². The summed E-state index contributed by atoms with van der Waals surface area (Å²) < 4.78 is 11.2. The van der Waals surface area contributed by atoms with E-state index in [4.69, 9.17) is 14.7 Å². The maximum Gasteiger partial charge on any atom is 0.142 e. The van der Waals surface area contributed by atoms with Crippen LogP contribution in [0.4, 0.5) is 5.69 Å². The summed E-state index contributed by atoms with van der Waals surface area (Å²) in [6.45, 7) is 5.81. The Morgan fingerprint density at radius 1 is 1.00 bits per heavy atom. The van der Waals surface area contributed by atoms with Crippen molar-refractivity contribution in [1.29, 1.82) is 5.26 Å². The number of benzene rings is 2. The molecule has 0 unspecified atom stereocenters. The SMILES string of the molecule is CCOc1ccc(OCC)c(NCc2ccc(C#N)cc2)c1. The lowest BCUT2D eigenvalue weighted by molar-refractivity contribution is 0.332. The zero-order chi connectivity index (χ0) is 15.8. The van der Waals surface area contributed by atoms with Crippen molar-refractivity contribution in [2.45, 2.75) is 20.4 Å². The van der Waals surface area contributed by atoms with Crippen molar-refractivity contribution in [3.8, 4) is 17.6 Å². The van der Waals surface area contributed by atoms with Crippen LogP contribution in [0.1, 0.15) is 25.0 Å². The molecule has 1 N–H and O–H groups in total. The molecule has 0 radical (unpaired) electrons. The van der Waals surface area contributed by atoms with Crippen LogP contribution in [0, 0.1) is 11.3 Å². The standard InChI is InChI=1S/C18H20N2O2/c1-3-21-16-9-10-18(22-4-2)17(11-16)20-13-15-7-5-14(12-19)6-8-15/h5-11,20H,3-4,13H2,1-2H3. The third-order valence-electron chi connectivity index (χ3n) is 3.13. The van der Waals surface area contributed by atoms with Gasteiger partial charge in [-0.15, -0.1) is 0 Å². The number of ether oxygens (including phenoxy) is 2. The summed E-state index contributed by atoms with van der Waals surface area (Å²) in [4.78, 5) is 0. The van der Waals surface area contributed by atoms with E-state index < -0.39 is 0 Å². The second-order valence-corrected chi connectivity index (χ2v) is 4.69. The van der Waals surface area contributed by atoms with Gasteiger partial charge in [-0.05, 0) is 43.7 Å². The summed E-state index contributed by atoms with van der Waals surface area (Å²) in [6.07, 6.45) is 0. The molecule has 0 amide bonds. The van der Waals surface area contributed by atoms with E-state index in [-0.39, 0.29) is 0 Å². The quantitative estimate of drug-likeness (QED) is 0.840. The molecule has 0 aliphatic rings. The molecule has 114 valence electrons. The van der Waals surface area contributed by atoms with Crippen LogP contribution in [-0.4, -0.2) is 13.2 Å². The number of hydrogen-bond donors (Lipinski definition) is 1. The minimum Gasteiger partial charge on any atom is -0.494 e. The highest BCUT2D eigenvalue weighted by atomic mass is 16.5. The van der Waals surface area contributed by atoms with Crippen molar-refractivity contribution in [1.82, 2.24) is 0 Å². The van der Waals surface area contributed by atoms with E-state index in [1.165, 1.54) is 0 Å². The average Bonchev–Trinajstić information content (AvgIpc) is 2.56. The van der Waals surface area contributed by atoms with E-state index >= 15 is 0 Å². The zero-order valence-corrected chi connectivity index (χ0v) is 12.9. The number of anilines is 1. The van der Waals surface area contributed by atoms with Crippen molar-refractivity contribution in [3.05, 3.63) is 53.6 Å². The monoisotopic (exact) mass is 296 g/mol. The third kappa shape index (κ3) is 4.16. The number of hydrogen-bond acceptors (Lipinski definition) is 4. The van der Waals surface area contributed by atoms with Gasteiger partial charge in [0.05, 0.1) is 30.5 Å². The first-order chi connectivity index (χ1) is 10.8. The molecule has 0 saturated carbocycles. The van der Waals surface area contributed by atoms with Crippen LogP contribution in [0.5, 0.6) is 11.5 Å². The Morgan fingerprint density at radius 3 is 2.36 bits per heavy atom. The van der Waals surface area contributed by atoms with E-state index in [1.807, 2.05) is 56.3 Å². The zero-order valence-electron chi connectivity index (χ0n) is 12.9. The van der Waals surface area contributed by atoms with Gasteiger partial charge in [-0.2, -0.15) is 5.26 Å². The third-order valence-corrected chi connectivity index (χ3v) is 3.13. The van der Waals surface area contributed by atoms with Crippen molar-refractivity contribution >= 4 is 5.69 Å². The fourth-order valence-corrected chi connectivity index (χ4v) is 2.08. The van der Waals surface area contributed by atoms with Gasteiger partial charge in [-0.3, -0.25) is 0 Å². The largest absolute Gasteiger partial charge is 0.494 e. The molecule has 0 atom stereocenters. The van der Waals surface area contributed by atoms with Gasteiger partial charge in [0.25, 0.3) is 0 Å². The summed E-state index contributed by atoms with van der Waals surface area (Å²) >= 11 is 0. The molecule has 0 saturated heterocycles. The van der Waals surface area contributed by atoms with Crippen LogP contribution in [-0.2, 0) is 6.54 Å². The van der Waals surface area contributed by atoms with Crippen molar-refractivity contribution in [2.24, 2.45) is 0 Å². The van der Waals surface area contributed by atoms with Crippen LogP contribution >= 0.6 is 0 Å². The smallest absolute Gasteiger partial charge is 0.142 e. The number of nitriles is 1. The molecular weight excluding hydrogens is 276 g/mol. The summed E-state index contributed by atoms with van der Waals surface area (Å²) in [5.74, 6) is 1.62. The molecule has 2 aromatic carbocycles. The fraction of sp³-hybridized carbons (Fsp3) is 0.278. The Hall–Kier alpha value is -2.67. The second-order valence-electron chi connectivity index (χ2n) is 4.69. The summed E-state index contributed by atoms with van der Waals surface area (Å²) in [6, 6.07) is 15.4. The Bertz CT molecular complexity index is 645. The highest BCUT2D eigenvalue weighted by Gasteiger charge is 2.06. The van der Waals surface area contributed by atoms with Crippen LogP contribution in [0.3, 0.4) is 0 Å². The molecule has 4 heteroatoms. The molecule has 0 spiro atoms. The van der Waals surface area contributed by atoms with Crippen molar-refractivity contribution in [3.63, 3.8) is 0 Å². The fourth-order valence-electron chi connectivity index (χ4n) is 2.08. The van der Waals surface area contributed by atoms with Crippen LogP contribution in [0.25, 0.3) is 0 Å². The van der Waals surface area contributed by atoms with Gasteiger partial charge in [0, 0.05) is 12.6 Å². The van der Waals surface area contributed by atoms with Crippen molar-refractivity contribution in [2.75, 3.05) is 18.5 Å². The van der Waals surface area contributed by atoms with E-state index in [1.54, 1.807) is 0 Å². The molecule has 0 aliphatic heterocycles.